The van der Waals surface area contributed by atoms with E-state index in [1.807, 2.05) is 26.0 Å². The van der Waals surface area contributed by atoms with Gasteiger partial charge in [0.25, 0.3) is 11.5 Å². The molecule has 3 rings (SSSR count). The van der Waals surface area contributed by atoms with Crippen LogP contribution in [-0.4, -0.2) is 10.5 Å². The third-order valence-corrected chi connectivity index (χ3v) is 4.05. The Kier molecular flexibility index (Phi) is 4.84. The molecule has 128 valence electrons. The second kappa shape index (κ2) is 7.21. The van der Waals surface area contributed by atoms with Gasteiger partial charge >= 0.3 is 0 Å². The molecular formula is C20H20N2O3. The molecule has 0 saturated carbocycles. The van der Waals surface area contributed by atoms with E-state index in [1.54, 1.807) is 30.5 Å². The lowest BCUT2D eigenvalue weighted by atomic mass is 10.1. The van der Waals surface area contributed by atoms with Crippen molar-refractivity contribution in [2.75, 3.05) is 0 Å². The topological polar surface area (TPSA) is 64.2 Å². The fourth-order valence-corrected chi connectivity index (χ4v) is 2.65. The van der Waals surface area contributed by atoms with Crippen LogP contribution in [0.2, 0.25) is 0 Å². The smallest absolute Gasteiger partial charge is 0.287 e. The lowest BCUT2D eigenvalue weighted by Crippen LogP contribution is -2.22. The van der Waals surface area contributed by atoms with Crippen LogP contribution in [0, 0.1) is 13.8 Å². The summed E-state index contributed by atoms with van der Waals surface area (Å²) in [6.07, 6.45) is 1.69. The van der Waals surface area contributed by atoms with Gasteiger partial charge in [0.1, 0.15) is 5.76 Å². The van der Waals surface area contributed by atoms with Gasteiger partial charge < -0.3 is 14.3 Å². The molecule has 1 N–H and O–H groups in total. The molecule has 0 aliphatic heterocycles. The third-order valence-electron chi connectivity index (χ3n) is 4.05. The van der Waals surface area contributed by atoms with Crippen molar-refractivity contribution < 1.29 is 9.21 Å². The number of amides is 1. The summed E-state index contributed by atoms with van der Waals surface area (Å²) in [6, 6.07) is 14.4. The van der Waals surface area contributed by atoms with Gasteiger partial charge in [-0.1, -0.05) is 29.8 Å². The Labute approximate surface area is 145 Å². The van der Waals surface area contributed by atoms with Gasteiger partial charge in [0, 0.05) is 18.8 Å². The van der Waals surface area contributed by atoms with Crippen LogP contribution in [0.4, 0.5) is 0 Å². The number of nitrogens with one attached hydrogen (secondary N) is 1. The van der Waals surface area contributed by atoms with Crippen molar-refractivity contribution in [3.05, 3.63) is 93.3 Å². The number of pyridine rings is 1. The minimum Gasteiger partial charge on any atom is -0.454 e. The normalized spacial score (nSPS) is 10.6. The fourth-order valence-electron chi connectivity index (χ4n) is 2.65. The molecular weight excluding hydrogens is 316 g/mol. The lowest BCUT2D eigenvalue weighted by molar-refractivity contribution is 0.0921. The maximum Gasteiger partial charge on any atom is 0.287 e. The minimum absolute atomic E-state index is 0.111. The Morgan fingerprint density at radius 1 is 1.12 bits per heavy atom. The van der Waals surface area contributed by atoms with E-state index in [2.05, 4.69) is 11.4 Å². The molecule has 0 saturated heterocycles. The van der Waals surface area contributed by atoms with Crippen LogP contribution < -0.4 is 10.9 Å². The summed E-state index contributed by atoms with van der Waals surface area (Å²) in [5, 5.41) is 2.86. The van der Waals surface area contributed by atoms with E-state index in [0.29, 0.717) is 18.8 Å². The second-order valence-electron chi connectivity index (χ2n) is 6.05. The van der Waals surface area contributed by atoms with Gasteiger partial charge in [-0.25, -0.2) is 0 Å². The quantitative estimate of drug-likeness (QED) is 0.779. The number of rotatable bonds is 5. The summed E-state index contributed by atoms with van der Waals surface area (Å²) in [5.41, 5.74) is 3.30. The zero-order valence-electron chi connectivity index (χ0n) is 14.3. The first-order valence-corrected chi connectivity index (χ1v) is 8.11. The number of hydrogen-bond donors (Lipinski definition) is 1. The SMILES string of the molecule is Cc1ccc(CNC(=O)c2ccc(Cn3ccccc3=O)o2)c(C)c1. The van der Waals surface area contributed by atoms with E-state index in [0.717, 1.165) is 11.1 Å². The zero-order valence-corrected chi connectivity index (χ0v) is 14.3. The molecule has 1 aromatic carbocycles. The van der Waals surface area contributed by atoms with Crippen LogP contribution in [0.5, 0.6) is 0 Å². The van der Waals surface area contributed by atoms with E-state index in [9.17, 15) is 9.59 Å². The molecule has 3 aromatic rings. The summed E-state index contributed by atoms with van der Waals surface area (Å²) in [6.45, 7) is 4.80. The van der Waals surface area contributed by atoms with Crippen molar-refractivity contribution in [2.45, 2.75) is 26.9 Å². The molecule has 0 aliphatic rings. The number of carbonyl (C=O) groups is 1. The Bertz CT molecular complexity index is 953. The Morgan fingerprint density at radius 2 is 1.96 bits per heavy atom. The number of hydrogen-bond acceptors (Lipinski definition) is 3. The summed E-state index contributed by atoms with van der Waals surface area (Å²) in [7, 11) is 0. The lowest BCUT2D eigenvalue weighted by Gasteiger charge is -2.08. The van der Waals surface area contributed by atoms with Crippen molar-refractivity contribution >= 4 is 5.91 Å². The van der Waals surface area contributed by atoms with Crippen molar-refractivity contribution in [1.82, 2.24) is 9.88 Å². The van der Waals surface area contributed by atoms with Gasteiger partial charge in [-0.2, -0.15) is 0 Å². The number of aromatic nitrogens is 1. The first-order chi connectivity index (χ1) is 12.0. The van der Waals surface area contributed by atoms with E-state index in [-0.39, 0.29) is 17.2 Å². The average Bonchev–Trinajstić information content (AvgIpc) is 3.05. The zero-order chi connectivity index (χ0) is 17.8. The van der Waals surface area contributed by atoms with Gasteiger partial charge in [0.05, 0.1) is 6.54 Å². The van der Waals surface area contributed by atoms with Crippen LogP contribution in [0.3, 0.4) is 0 Å². The summed E-state index contributed by atoms with van der Waals surface area (Å²) in [5.74, 6) is 0.528. The Hall–Kier alpha value is -3.08. The highest BCUT2D eigenvalue weighted by atomic mass is 16.4. The van der Waals surface area contributed by atoms with Crippen molar-refractivity contribution in [2.24, 2.45) is 0 Å². The largest absolute Gasteiger partial charge is 0.454 e. The summed E-state index contributed by atoms with van der Waals surface area (Å²) < 4.78 is 7.09. The van der Waals surface area contributed by atoms with Crippen LogP contribution in [0.1, 0.15) is 33.0 Å². The van der Waals surface area contributed by atoms with Crippen molar-refractivity contribution in [3.63, 3.8) is 0 Å². The highest BCUT2D eigenvalue weighted by Crippen LogP contribution is 2.12. The van der Waals surface area contributed by atoms with E-state index in [4.69, 9.17) is 4.42 Å². The number of carbonyl (C=O) groups excluding carboxylic acids is 1. The molecule has 0 unspecified atom stereocenters. The monoisotopic (exact) mass is 336 g/mol. The molecule has 0 spiro atoms. The standard InChI is InChI=1S/C20H20N2O3/c1-14-6-7-16(15(2)11-14)12-21-20(24)18-9-8-17(25-18)13-22-10-4-3-5-19(22)23/h3-11H,12-13H2,1-2H3,(H,21,24). The highest BCUT2D eigenvalue weighted by molar-refractivity contribution is 5.91. The van der Waals surface area contributed by atoms with Gasteiger partial charge in [-0.3, -0.25) is 9.59 Å². The van der Waals surface area contributed by atoms with Crippen LogP contribution in [-0.2, 0) is 13.1 Å². The molecule has 2 heterocycles. The van der Waals surface area contributed by atoms with Crippen LogP contribution in [0.15, 0.2) is 63.9 Å². The number of benzene rings is 1. The van der Waals surface area contributed by atoms with Gasteiger partial charge in [0.2, 0.25) is 0 Å². The van der Waals surface area contributed by atoms with Crippen molar-refractivity contribution in [1.29, 1.82) is 0 Å². The third kappa shape index (κ3) is 4.07. The molecule has 1 amide bonds. The van der Waals surface area contributed by atoms with E-state index < -0.39 is 0 Å². The van der Waals surface area contributed by atoms with Crippen LogP contribution >= 0.6 is 0 Å². The molecule has 0 bridgehead atoms. The minimum atomic E-state index is -0.272. The van der Waals surface area contributed by atoms with Gasteiger partial charge in [-0.05, 0) is 43.2 Å². The molecule has 5 nitrogen and oxygen atoms in total. The number of furan rings is 1. The predicted octanol–water partition coefficient (Wildman–Crippen LogP) is 3.04. The highest BCUT2D eigenvalue weighted by Gasteiger charge is 2.12. The maximum atomic E-state index is 12.3. The van der Waals surface area contributed by atoms with E-state index >= 15 is 0 Å². The summed E-state index contributed by atoms with van der Waals surface area (Å²) in [4.78, 5) is 24.0. The van der Waals surface area contributed by atoms with Gasteiger partial charge in [-0.15, -0.1) is 0 Å². The Balaban J connectivity index is 1.64. The predicted molar refractivity (Wildman–Crippen MR) is 95.6 cm³/mol. The fraction of sp³-hybridized carbons (Fsp3) is 0.200. The van der Waals surface area contributed by atoms with Gasteiger partial charge in [0.15, 0.2) is 5.76 Å². The molecule has 0 radical (unpaired) electrons. The van der Waals surface area contributed by atoms with Crippen LogP contribution in [0.25, 0.3) is 0 Å². The first-order valence-electron chi connectivity index (χ1n) is 8.11. The first kappa shape index (κ1) is 16.8. The molecule has 2 aromatic heterocycles. The summed E-state index contributed by atoms with van der Waals surface area (Å²) >= 11 is 0. The number of aryl methyl sites for hydroxylation is 2. The Morgan fingerprint density at radius 3 is 2.72 bits per heavy atom. The molecule has 5 heteroatoms. The average molecular weight is 336 g/mol. The second-order valence-corrected chi connectivity index (χ2v) is 6.05. The molecule has 0 aliphatic carbocycles. The number of nitrogens with zero attached hydrogens (tertiary/aromatic N) is 1. The van der Waals surface area contributed by atoms with E-state index in [1.165, 1.54) is 16.2 Å². The molecule has 0 atom stereocenters. The maximum absolute atomic E-state index is 12.3. The molecule has 25 heavy (non-hydrogen) atoms. The molecule has 0 fully saturated rings. The van der Waals surface area contributed by atoms with Crippen molar-refractivity contribution in [3.8, 4) is 0 Å².